The lowest BCUT2D eigenvalue weighted by Crippen LogP contribution is -2.19. The van der Waals surface area contributed by atoms with Gasteiger partial charge < -0.3 is 10.5 Å². The molecule has 126 valence electrons. The Kier molecular flexibility index (Phi) is 5.95. The Morgan fingerprint density at radius 1 is 1.17 bits per heavy atom. The molecule has 0 aliphatic carbocycles. The van der Waals surface area contributed by atoms with Crippen LogP contribution in [0, 0.1) is 5.92 Å². The Hall–Kier alpha value is -2.82. The van der Waals surface area contributed by atoms with Gasteiger partial charge >= 0.3 is 0 Å². The number of benzene rings is 2. The van der Waals surface area contributed by atoms with Crippen LogP contribution in [-0.2, 0) is 0 Å². The summed E-state index contributed by atoms with van der Waals surface area (Å²) in [5.74, 6) is 0.936. The number of hydrogen-bond acceptors (Lipinski definition) is 4. The van der Waals surface area contributed by atoms with Gasteiger partial charge in [-0.25, -0.2) is 5.43 Å². The van der Waals surface area contributed by atoms with Gasteiger partial charge in [-0.15, -0.1) is 0 Å². The summed E-state index contributed by atoms with van der Waals surface area (Å²) in [4.78, 5) is 12.1. The van der Waals surface area contributed by atoms with Gasteiger partial charge in [0.25, 0.3) is 5.91 Å². The van der Waals surface area contributed by atoms with E-state index in [0.717, 1.165) is 11.3 Å². The lowest BCUT2D eigenvalue weighted by Gasteiger charge is -2.09. The minimum Gasteiger partial charge on any atom is -0.493 e. The highest BCUT2D eigenvalue weighted by Gasteiger charge is 2.06. The molecule has 2 aromatic carbocycles. The number of amides is 1. The van der Waals surface area contributed by atoms with E-state index in [1.54, 1.807) is 30.3 Å². The molecule has 0 fully saturated rings. The summed E-state index contributed by atoms with van der Waals surface area (Å²) in [5.41, 5.74) is 11.0. The number of nitrogens with one attached hydrogen (secondary N) is 1. The summed E-state index contributed by atoms with van der Waals surface area (Å²) in [6.45, 7) is 6.64. The average molecular weight is 325 g/mol. The van der Waals surface area contributed by atoms with E-state index < -0.39 is 0 Å². The fraction of sp³-hybridized carbons (Fsp3) is 0.263. The number of rotatable bonds is 6. The lowest BCUT2D eigenvalue weighted by atomic mass is 10.1. The van der Waals surface area contributed by atoms with Crippen molar-refractivity contribution in [3.05, 3.63) is 59.7 Å². The van der Waals surface area contributed by atoms with Crippen molar-refractivity contribution in [3.63, 3.8) is 0 Å². The van der Waals surface area contributed by atoms with Crippen LogP contribution in [0.15, 0.2) is 53.6 Å². The number of hydrazone groups is 1. The van der Waals surface area contributed by atoms with Crippen molar-refractivity contribution in [1.82, 2.24) is 5.43 Å². The number of carbonyl (C=O) groups excluding carboxylic acids is 1. The van der Waals surface area contributed by atoms with E-state index in [2.05, 4.69) is 24.4 Å². The Labute approximate surface area is 142 Å². The minimum absolute atomic E-state index is 0.270. The van der Waals surface area contributed by atoms with E-state index in [1.165, 1.54) is 0 Å². The smallest absolute Gasteiger partial charge is 0.271 e. The van der Waals surface area contributed by atoms with Crippen LogP contribution in [0.3, 0.4) is 0 Å². The predicted octanol–water partition coefficient (Wildman–Crippen LogP) is 3.46. The van der Waals surface area contributed by atoms with Crippen molar-refractivity contribution >= 4 is 17.3 Å². The van der Waals surface area contributed by atoms with Gasteiger partial charge in [-0.1, -0.05) is 26.0 Å². The number of anilines is 1. The van der Waals surface area contributed by atoms with Crippen LogP contribution in [0.4, 0.5) is 5.69 Å². The Balaban J connectivity index is 1.98. The maximum Gasteiger partial charge on any atom is 0.271 e. The third-order valence-electron chi connectivity index (χ3n) is 3.33. The van der Waals surface area contributed by atoms with E-state index in [-0.39, 0.29) is 5.91 Å². The monoisotopic (exact) mass is 325 g/mol. The highest BCUT2D eigenvalue weighted by Crippen LogP contribution is 2.13. The van der Waals surface area contributed by atoms with E-state index >= 15 is 0 Å². The highest BCUT2D eigenvalue weighted by molar-refractivity contribution is 6.01. The van der Waals surface area contributed by atoms with Crippen molar-refractivity contribution < 1.29 is 9.53 Å². The number of nitrogen functional groups attached to an aromatic ring is 1. The van der Waals surface area contributed by atoms with Gasteiger partial charge in [-0.3, -0.25) is 4.79 Å². The van der Waals surface area contributed by atoms with Gasteiger partial charge in [0.05, 0.1) is 12.3 Å². The summed E-state index contributed by atoms with van der Waals surface area (Å²) in [6, 6.07) is 14.4. The second kappa shape index (κ2) is 8.15. The normalized spacial score (nSPS) is 11.4. The molecule has 1 amide bonds. The van der Waals surface area contributed by atoms with Crippen LogP contribution in [0.25, 0.3) is 0 Å². The summed E-state index contributed by atoms with van der Waals surface area (Å²) in [7, 11) is 0. The zero-order valence-electron chi connectivity index (χ0n) is 14.2. The molecule has 5 nitrogen and oxygen atoms in total. The summed E-state index contributed by atoms with van der Waals surface area (Å²) in [6.07, 6.45) is 0. The Morgan fingerprint density at radius 3 is 2.50 bits per heavy atom. The number of hydrogen-bond donors (Lipinski definition) is 2. The fourth-order valence-corrected chi connectivity index (χ4v) is 1.99. The molecule has 24 heavy (non-hydrogen) atoms. The minimum atomic E-state index is -0.270. The first-order chi connectivity index (χ1) is 11.5. The summed E-state index contributed by atoms with van der Waals surface area (Å²) in [5, 5.41) is 4.12. The SMILES string of the molecule is C/C(=N\NC(=O)c1ccc(OCC(C)C)cc1)c1cccc(N)c1. The molecule has 3 N–H and O–H groups in total. The van der Waals surface area contributed by atoms with Crippen LogP contribution in [0.5, 0.6) is 5.75 Å². The zero-order chi connectivity index (χ0) is 17.5. The van der Waals surface area contributed by atoms with Crippen molar-refractivity contribution in [2.75, 3.05) is 12.3 Å². The van der Waals surface area contributed by atoms with E-state index in [9.17, 15) is 4.79 Å². The summed E-state index contributed by atoms with van der Waals surface area (Å²) >= 11 is 0. The van der Waals surface area contributed by atoms with E-state index in [4.69, 9.17) is 10.5 Å². The van der Waals surface area contributed by atoms with Crippen molar-refractivity contribution in [3.8, 4) is 5.75 Å². The molecule has 2 rings (SSSR count). The molecule has 0 saturated carbocycles. The molecular weight excluding hydrogens is 302 g/mol. The molecule has 0 spiro atoms. The van der Waals surface area contributed by atoms with Gasteiger partial charge in [0, 0.05) is 11.3 Å². The van der Waals surface area contributed by atoms with Crippen molar-refractivity contribution in [2.24, 2.45) is 11.0 Å². The van der Waals surface area contributed by atoms with Crippen LogP contribution < -0.4 is 15.9 Å². The van der Waals surface area contributed by atoms with Crippen LogP contribution in [-0.4, -0.2) is 18.2 Å². The second-order valence-corrected chi connectivity index (χ2v) is 5.99. The first-order valence-electron chi connectivity index (χ1n) is 7.89. The molecule has 0 heterocycles. The molecule has 0 unspecified atom stereocenters. The van der Waals surface area contributed by atoms with Crippen LogP contribution >= 0.6 is 0 Å². The molecule has 5 heteroatoms. The highest BCUT2D eigenvalue weighted by atomic mass is 16.5. The van der Waals surface area contributed by atoms with Gasteiger partial charge in [0.15, 0.2) is 0 Å². The molecule has 0 atom stereocenters. The number of nitrogens with zero attached hydrogens (tertiary/aromatic N) is 1. The lowest BCUT2D eigenvalue weighted by molar-refractivity contribution is 0.0955. The third-order valence-corrected chi connectivity index (χ3v) is 3.33. The maximum absolute atomic E-state index is 12.1. The molecule has 0 bridgehead atoms. The average Bonchev–Trinajstić information content (AvgIpc) is 2.58. The van der Waals surface area contributed by atoms with Gasteiger partial charge in [-0.05, 0) is 54.8 Å². The first-order valence-corrected chi connectivity index (χ1v) is 7.89. The number of carbonyl (C=O) groups is 1. The van der Waals surface area contributed by atoms with E-state index in [1.807, 2.05) is 25.1 Å². The van der Waals surface area contributed by atoms with Crippen LogP contribution in [0.2, 0.25) is 0 Å². The zero-order valence-corrected chi connectivity index (χ0v) is 14.2. The molecule has 0 aliphatic heterocycles. The second-order valence-electron chi connectivity index (χ2n) is 5.99. The molecule has 2 aromatic rings. The maximum atomic E-state index is 12.1. The first kappa shape index (κ1) is 17.5. The Morgan fingerprint density at radius 2 is 1.88 bits per heavy atom. The van der Waals surface area contributed by atoms with Crippen LogP contribution in [0.1, 0.15) is 36.7 Å². The molecular formula is C19H23N3O2. The largest absolute Gasteiger partial charge is 0.493 e. The van der Waals surface area contributed by atoms with Crippen molar-refractivity contribution in [1.29, 1.82) is 0 Å². The summed E-state index contributed by atoms with van der Waals surface area (Å²) < 4.78 is 5.60. The quantitative estimate of drug-likeness (QED) is 0.485. The number of nitrogens with two attached hydrogens (primary N) is 1. The van der Waals surface area contributed by atoms with Gasteiger partial charge in [0.2, 0.25) is 0 Å². The number of ether oxygens (including phenoxy) is 1. The standard InChI is InChI=1S/C19H23N3O2/c1-13(2)12-24-18-9-7-15(8-10-18)19(23)22-21-14(3)16-5-4-6-17(20)11-16/h4-11,13H,12,20H2,1-3H3,(H,22,23)/b21-14+. The molecule has 0 saturated heterocycles. The Bertz CT molecular complexity index is 722. The third kappa shape index (κ3) is 5.12. The topological polar surface area (TPSA) is 76.7 Å². The van der Waals surface area contributed by atoms with E-state index in [0.29, 0.717) is 29.5 Å². The molecule has 0 aromatic heterocycles. The van der Waals surface area contributed by atoms with Crippen molar-refractivity contribution in [2.45, 2.75) is 20.8 Å². The predicted molar refractivity (Wildman–Crippen MR) is 97.3 cm³/mol. The molecule has 0 aliphatic rings. The van der Waals surface area contributed by atoms with Gasteiger partial charge in [-0.2, -0.15) is 5.10 Å². The van der Waals surface area contributed by atoms with Gasteiger partial charge in [0.1, 0.15) is 5.75 Å². The fourth-order valence-electron chi connectivity index (χ4n) is 1.99. The molecule has 0 radical (unpaired) electrons.